The molecule has 1 atom stereocenters. The molecule has 2 saturated heterocycles. The van der Waals surface area contributed by atoms with E-state index >= 15 is 0 Å². The molecule has 1 aromatic heterocycles. The Morgan fingerprint density at radius 1 is 0.973 bits per heavy atom. The van der Waals surface area contributed by atoms with E-state index in [0.29, 0.717) is 51.7 Å². The minimum absolute atomic E-state index is 0.0536. The van der Waals surface area contributed by atoms with E-state index in [2.05, 4.69) is 40.2 Å². The maximum Gasteiger partial charge on any atom is 0.320 e. The molecule has 0 aliphatic carbocycles. The highest BCUT2D eigenvalue weighted by atomic mass is 32.2. The fraction of sp³-hybridized carbons (Fsp3) is 0.556. The van der Waals surface area contributed by atoms with Gasteiger partial charge >= 0.3 is 6.03 Å². The van der Waals surface area contributed by atoms with Gasteiger partial charge in [0.25, 0.3) is 0 Å². The number of hydrogen-bond acceptors (Lipinski definition) is 6. The van der Waals surface area contributed by atoms with Crippen LogP contribution < -0.4 is 0 Å². The van der Waals surface area contributed by atoms with E-state index in [1.165, 1.54) is 17.4 Å². The molecule has 2 fully saturated rings. The number of hydrogen-bond donors (Lipinski definition) is 1. The Bertz CT molecular complexity index is 1200. The Kier molecular flexibility index (Phi) is 7.80. The first-order chi connectivity index (χ1) is 17.8. The van der Waals surface area contributed by atoms with Crippen molar-refractivity contribution in [1.82, 2.24) is 24.0 Å². The average Bonchev–Trinajstić information content (AvgIpc) is 3.22. The maximum absolute atomic E-state index is 13.0. The van der Waals surface area contributed by atoms with Gasteiger partial charge in [0.2, 0.25) is 10.0 Å². The van der Waals surface area contributed by atoms with Crippen molar-refractivity contribution in [3.05, 3.63) is 65.0 Å². The SMILES string of the molecule is CS(=O)(=O)N1CCC(c2ccc(CN3CCN(C[C@H](O)CN4CCc5ccccc5C4)C3=O)nc2)CC1. The number of nitrogens with zero attached hydrogens (tertiary/aromatic N) is 5. The first kappa shape index (κ1) is 26.1. The van der Waals surface area contributed by atoms with Crippen LogP contribution in [0.3, 0.4) is 0 Å². The number of aliphatic hydroxyl groups excluding tert-OH is 1. The van der Waals surface area contributed by atoms with E-state index in [1.54, 1.807) is 14.1 Å². The molecule has 200 valence electrons. The number of rotatable bonds is 8. The van der Waals surface area contributed by atoms with E-state index in [9.17, 15) is 18.3 Å². The predicted molar refractivity (Wildman–Crippen MR) is 141 cm³/mol. The van der Waals surface area contributed by atoms with Gasteiger partial charge in [-0.25, -0.2) is 17.5 Å². The van der Waals surface area contributed by atoms with Gasteiger partial charge in [0.15, 0.2) is 0 Å². The highest BCUT2D eigenvalue weighted by Crippen LogP contribution is 2.29. The summed E-state index contributed by atoms with van der Waals surface area (Å²) in [6, 6.07) is 12.4. The summed E-state index contributed by atoms with van der Waals surface area (Å²) in [6.45, 7) is 5.42. The second-order valence-corrected chi connectivity index (χ2v) is 12.6. The fourth-order valence-corrected chi connectivity index (χ4v) is 6.63. The van der Waals surface area contributed by atoms with Gasteiger partial charge in [-0.2, -0.15) is 0 Å². The molecule has 4 heterocycles. The van der Waals surface area contributed by atoms with Crippen LogP contribution in [0, 0.1) is 0 Å². The zero-order chi connectivity index (χ0) is 26.0. The second kappa shape index (κ2) is 11.1. The predicted octanol–water partition coefficient (Wildman–Crippen LogP) is 1.88. The first-order valence-corrected chi connectivity index (χ1v) is 15.0. The molecule has 0 unspecified atom stereocenters. The lowest BCUT2D eigenvalue weighted by atomic mass is 9.91. The fourth-order valence-electron chi connectivity index (χ4n) is 5.76. The van der Waals surface area contributed by atoms with Gasteiger partial charge in [-0.05, 0) is 47.9 Å². The summed E-state index contributed by atoms with van der Waals surface area (Å²) in [5.41, 5.74) is 4.66. The van der Waals surface area contributed by atoms with Crippen LogP contribution in [0.2, 0.25) is 0 Å². The Morgan fingerprint density at radius 3 is 2.41 bits per heavy atom. The standard InChI is InChI=1S/C27H37N5O4S/c1-37(35,36)32-12-9-22(10-13-32)23-6-7-25(28-16-23)18-30-14-15-31(27(30)34)20-26(33)19-29-11-8-21-4-2-3-5-24(21)17-29/h2-7,16,22,26,33H,8-15,17-20H2,1H3/t26-/m1/s1. The molecule has 3 aliphatic rings. The molecule has 0 saturated carbocycles. The van der Waals surface area contributed by atoms with Crippen LogP contribution in [0.1, 0.15) is 41.1 Å². The molecule has 10 heteroatoms. The molecule has 3 aliphatic heterocycles. The Hall–Kier alpha value is -2.53. The van der Waals surface area contributed by atoms with Crippen LogP contribution in [0.15, 0.2) is 42.6 Å². The maximum atomic E-state index is 13.0. The molecule has 1 N–H and O–H groups in total. The van der Waals surface area contributed by atoms with E-state index in [0.717, 1.165) is 43.6 Å². The van der Waals surface area contributed by atoms with Gasteiger partial charge in [-0.3, -0.25) is 9.88 Å². The lowest BCUT2D eigenvalue weighted by Gasteiger charge is -2.31. The number of benzene rings is 1. The number of pyridine rings is 1. The summed E-state index contributed by atoms with van der Waals surface area (Å²) in [7, 11) is -3.13. The van der Waals surface area contributed by atoms with Crippen molar-refractivity contribution in [3.63, 3.8) is 0 Å². The van der Waals surface area contributed by atoms with Crippen molar-refractivity contribution in [3.8, 4) is 0 Å². The third-order valence-corrected chi connectivity index (χ3v) is 9.19. The number of carbonyl (C=O) groups excluding carboxylic acids is 1. The third kappa shape index (κ3) is 6.31. The van der Waals surface area contributed by atoms with Gasteiger partial charge in [0.1, 0.15) is 0 Å². The average molecular weight is 528 g/mol. The van der Waals surface area contributed by atoms with E-state index in [-0.39, 0.29) is 6.03 Å². The summed E-state index contributed by atoms with van der Waals surface area (Å²) >= 11 is 0. The van der Waals surface area contributed by atoms with Crippen LogP contribution >= 0.6 is 0 Å². The summed E-state index contributed by atoms with van der Waals surface area (Å²) in [5.74, 6) is 0.304. The Labute approximate surface area is 219 Å². The van der Waals surface area contributed by atoms with Crippen LogP contribution in [-0.2, 0) is 29.5 Å². The summed E-state index contributed by atoms with van der Waals surface area (Å²) in [5, 5.41) is 10.7. The normalized spacial score (nSPS) is 20.9. The number of urea groups is 1. The van der Waals surface area contributed by atoms with Gasteiger partial charge in [-0.1, -0.05) is 30.3 Å². The lowest BCUT2D eigenvalue weighted by Crippen LogP contribution is -2.43. The van der Waals surface area contributed by atoms with Crippen molar-refractivity contribution in [1.29, 1.82) is 0 Å². The van der Waals surface area contributed by atoms with E-state index in [1.807, 2.05) is 12.3 Å². The lowest BCUT2D eigenvalue weighted by molar-refractivity contribution is 0.0812. The van der Waals surface area contributed by atoms with Crippen LogP contribution in [0.25, 0.3) is 0 Å². The quantitative estimate of drug-likeness (QED) is 0.563. The molecular formula is C27H37N5O4S. The zero-order valence-corrected chi connectivity index (χ0v) is 22.3. The monoisotopic (exact) mass is 527 g/mol. The van der Waals surface area contributed by atoms with Gasteiger partial charge in [-0.15, -0.1) is 0 Å². The Balaban J connectivity index is 1.08. The minimum atomic E-state index is -3.13. The number of aliphatic hydroxyl groups is 1. The van der Waals surface area contributed by atoms with Crippen molar-refractivity contribution in [2.24, 2.45) is 0 Å². The van der Waals surface area contributed by atoms with Crippen molar-refractivity contribution < 1.29 is 18.3 Å². The topological polar surface area (TPSA) is 97.3 Å². The zero-order valence-electron chi connectivity index (χ0n) is 21.5. The molecule has 37 heavy (non-hydrogen) atoms. The molecule has 0 bridgehead atoms. The second-order valence-electron chi connectivity index (χ2n) is 10.6. The number of piperidine rings is 1. The van der Waals surface area contributed by atoms with Gasteiger partial charge < -0.3 is 14.9 Å². The third-order valence-electron chi connectivity index (χ3n) is 7.89. The number of aromatic nitrogens is 1. The summed E-state index contributed by atoms with van der Waals surface area (Å²) in [4.78, 5) is 23.4. The summed E-state index contributed by atoms with van der Waals surface area (Å²) < 4.78 is 25.0. The minimum Gasteiger partial charge on any atom is -0.390 e. The van der Waals surface area contributed by atoms with Crippen molar-refractivity contribution in [2.75, 3.05) is 52.1 Å². The molecule has 9 nitrogen and oxygen atoms in total. The largest absolute Gasteiger partial charge is 0.390 e. The number of carbonyl (C=O) groups is 1. The van der Waals surface area contributed by atoms with Crippen LogP contribution in [-0.4, -0.2) is 102 Å². The van der Waals surface area contributed by atoms with Crippen molar-refractivity contribution >= 4 is 16.1 Å². The van der Waals surface area contributed by atoms with E-state index in [4.69, 9.17) is 0 Å². The smallest absolute Gasteiger partial charge is 0.320 e. The molecule has 2 amide bonds. The van der Waals surface area contributed by atoms with Gasteiger partial charge in [0.05, 0.1) is 24.6 Å². The van der Waals surface area contributed by atoms with Crippen molar-refractivity contribution in [2.45, 2.75) is 44.4 Å². The number of sulfonamides is 1. The molecule has 5 rings (SSSR count). The first-order valence-electron chi connectivity index (χ1n) is 13.2. The highest BCUT2D eigenvalue weighted by Gasteiger charge is 2.31. The number of β-amino-alcohol motifs (C(OH)–C–C–N with tert-alkyl or cyclic N) is 1. The number of fused-ring (bicyclic) bond motifs is 1. The molecule has 2 aromatic rings. The number of amides is 2. The van der Waals surface area contributed by atoms with E-state index < -0.39 is 16.1 Å². The van der Waals surface area contributed by atoms with Crippen LogP contribution in [0.4, 0.5) is 4.79 Å². The summed E-state index contributed by atoms with van der Waals surface area (Å²) in [6.07, 6.45) is 5.12. The molecule has 0 spiro atoms. The molecular weight excluding hydrogens is 490 g/mol. The Morgan fingerprint density at radius 2 is 1.70 bits per heavy atom. The molecule has 1 aromatic carbocycles. The highest BCUT2D eigenvalue weighted by molar-refractivity contribution is 7.88. The molecule has 0 radical (unpaired) electrons. The van der Waals surface area contributed by atoms with Gasteiger partial charge in [0, 0.05) is 58.6 Å². The van der Waals surface area contributed by atoms with Crippen LogP contribution in [0.5, 0.6) is 0 Å².